The largest absolute Gasteiger partial charge is 0.264 e. The average molecular weight is 177 g/mol. The fourth-order valence-electron chi connectivity index (χ4n) is 1.37. The van der Waals surface area contributed by atoms with E-state index in [4.69, 9.17) is 0 Å². The van der Waals surface area contributed by atoms with Crippen LogP contribution in [0.2, 0.25) is 0 Å². The summed E-state index contributed by atoms with van der Waals surface area (Å²) in [7, 11) is 0. The molecule has 0 saturated heterocycles. The molecular weight excluding hydrogens is 158 g/mol. The van der Waals surface area contributed by atoms with Crippen LogP contribution in [0, 0.1) is 12.8 Å². The van der Waals surface area contributed by atoms with E-state index in [2.05, 4.69) is 31.8 Å². The molecule has 0 aliphatic heterocycles. The fraction of sp³-hybridized carbons (Fsp3) is 0.583. The second-order valence-electron chi connectivity index (χ2n) is 3.92. The van der Waals surface area contributed by atoms with Crippen molar-refractivity contribution in [1.82, 2.24) is 4.98 Å². The number of rotatable bonds is 4. The molecule has 0 fully saturated rings. The average Bonchev–Trinajstić information content (AvgIpc) is 2.14. The van der Waals surface area contributed by atoms with Crippen molar-refractivity contribution in [1.29, 1.82) is 0 Å². The van der Waals surface area contributed by atoms with Crippen molar-refractivity contribution < 1.29 is 0 Å². The van der Waals surface area contributed by atoms with Gasteiger partial charge in [0.1, 0.15) is 0 Å². The molecule has 0 amide bonds. The summed E-state index contributed by atoms with van der Waals surface area (Å²) in [5.41, 5.74) is 2.64. The van der Waals surface area contributed by atoms with Crippen LogP contribution in [0.15, 0.2) is 18.5 Å². The number of aryl methyl sites for hydroxylation is 2. The van der Waals surface area contributed by atoms with Crippen LogP contribution in [0.5, 0.6) is 0 Å². The van der Waals surface area contributed by atoms with Gasteiger partial charge in [-0.2, -0.15) is 0 Å². The number of nitrogens with zero attached hydrogens (tertiary/aromatic N) is 1. The minimum atomic E-state index is 0.834. The summed E-state index contributed by atoms with van der Waals surface area (Å²) in [4.78, 5) is 4.19. The molecule has 0 spiro atoms. The lowest BCUT2D eigenvalue weighted by molar-refractivity contribution is 0.516. The van der Waals surface area contributed by atoms with Crippen molar-refractivity contribution in [2.75, 3.05) is 0 Å². The fourth-order valence-corrected chi connectivity index (χ4v) is 1.37. The Morgan fingerprint density at radius 1 is 1.38 bits per heavy atom. The van der Waals surface area contributed by atoms with Crippen LogP contribution in [-0.2, 0) is 6.42 Å². The third kappa shape index (κ3) is 3.58. The quantitative estimate of drug-likeness (QED) is 0.687. The third-order valence-corrected chi connectivity index (χ3v) is 2.55. The number of aromatic nitrogens is 1. The first-order valence-electron chi connectivity index (χ1n) is 5.13. The lowest BCUT2D eigenvalue weighted by atomic mass is 9.99. The standard InChI is InChI=1S/C12H19N/c1-4-10(2)5-6-12-7-11(3)8-13-9-12/h7-10H,4-6H2,1-3H3. The molecular formula is C12H19N. The summed E-state index contributed by atoms with van der Waals surface area (Å²) in [6.45, 7) is 6.65. The van der Waals surface area contributed by atoms with Gasteiger partial charge in [0.05, 0.1) is 0 Å². The Morgan fingerprint density at radius 3 is 2.77 bits per heavy atom. The first-order valence-corrected chi connectivity index (χ1v) is 5.13. The Labute approximate surface area is 81.2 Å². The molecule has 1 aromatic heterocycles. The van der Waals surface area contributed by atoms with Gasteiger partial charge in [-0.1, -0.05) is 26.3 Å². The maximum absolute atomic E-state index is 4.19. The second kappa shape index (κ2) is 5.00. The van der Waals surface area contributed by atoms with Gasteiger partial charge in [0.15, 0.2) is 0 Å². The minimum absolute atomic E-state index is 0.834. The molecule has 0 aromatic carbocycles. The zero-order valence-corrected chi connectivity index (χ0v) is 8.88. The Bertz CT molecular complexity index is 255. The molecule has 72 valence electrons. The van der Waals surface area contributed by atoms with Crippen molar-refractivity contribution in [2.24, 2.45) is 5.92 Å². The highest BCUT2D eigenvalue weighted by Gasteiger charge is 2.00. The van der Waals surface area contributed by atoms with Crippen LogP contribution in [0.4, 0.5) is 0 Å². The third-order valence-electron chi connectivity index (χ3n) is 2.55. The number of pyridine rings is 1. The molecule has 1 heterocycles. The van der Waals surface area contributed by atoms with Gasteiger partial charge in [0.2, 0.25) is 0 Å². The first kappa shape index (κ1) is 10.2. The van der Waals surface area contributed by atoms with Crippen molar-refractivity contribution >= 4 is 0 Å². The van der Waals surface area contributed by atoms with Crippen LogP contribution in [-0.4, -0.2) is 4.98 Å². The van der Waals surface area contributed by atoms with Gasteiger partial charge in [0.25, 0.3) is 0 Å². The maximum atomic E-state index is 4.19. The highest BCUT2D eigenvalue weighted by Crippen LogP contribution is 2.12. The van der Waals surface area contributed by atoms with Crippen LogP contribution in [0.25, 0.3) is 0 Å². The summed E-state index contributed by atoms with van der Waals surface area (Å²) in [5.74, 6) is 0.834. The summed E-state index contributed by atoms with van der Waals surface area (Å²) < 4.78 is 0. The van der Waals surface area contributed by atoms with Crippen LogP contribution >= 0.6 is 0 Å². The molecule has 0 saturated carbocycles. The van der Waals surface area contributed by atoms with Gasteiger partial charge in [-0.25, -0.2) is 0 Å². The zero-order chi connectivity index (χ0) is 9.68. The molecule has 0 N–H and O–H groups in total. The Morgan fingerprint density at radius 2 is 2.15 bits per heavy atom. The van der Waals surface area contributed by atoms with Gasteiger partial charge < -0.3 is 0 Å². The Balaban J connectivity index is 2.45. The predicted octanol–water partition coefficient (Wildman–Crippen LogP) is 3.37. The Kier molecular flexibility index (Phi) is 3.94. The van der Waals surface area contributed by atoms with Gasteiger partial charge in [0, 0.05) is 12.4 Å². The van der Waals surface area contributed by atoms with Crippen LogP contribution in [0.3, 0.4) is 0 Å². The molecule has 0 aliphatic carbocycles. The van der Waals surface area contributed by atoms with Gasteiger partial charge >= 0.3 is 0 Å². The monoisotopic (exact) mass is 177 g/mol. The first-order chi connectivity index (χ1) is 6.22. The zero-order valence-electron chi connectivity index (χ0n) is 8.88. The smallest absolute Gasteiger partial charge is 0.0300 e. The SMILES string of the molecule is CCC(C)CCc1cncc(C)c1. The van der Waals surface area contributed by atoms with E-state index >= 15 is 0 Å². The lowest BCUT2D eigenvalue weighted by Crippen LogP contribution is -1.96. The van der Waals surface area contributed by atoms with E-state index in [0.29, 0.717) is 0 Å². The van der Waals surface area contributed by atoms with Crippen molar-refractivity contribution in [3.05, 3.63) is 29.6 Å². The van der Waals surface area contributed by atoms with Gasteiger partial charge in [-0.05, 0) is 36.8 Å². The van der Waals surface area contributed by atoms with Crippen molar-refractivity contribution in [3.8, 4) is 0 Å². The van der Waals surface area contributed by atoms with Crippen LogP contribution < -0.4 is 0 Å². The predicted molar refractivity (Wildman–Crippen MR) is 56.8 cm³/mol. The van der Waals surface area contributed by atoms with E-state index in [0.717, 1.165) is 5.92 Å². The highest BCUT2D eigenvalue weighted by molar-refractivity contribution is 5.16. The maximum Gasteiger partial charge on any atom is 0.0300 e. The van der Waals surface area contributed by atoms with Gasteiger partial charge in [-0.15, -0.1) is 0 Å². The molecule has 1 unspecified atom stereocenters. The second-order valence-corrected chi connectivity index (χ2v) is 3.92. The summed E-state index contributed by atoms with van der Waals surface area (Å²) in [6, 6.07) is 2.23. The molecule has 0 aliphatic rings. The van der Waals surface area contributed by atoms with Crippen LogP contribution in [0.1, 0.15) is 37.8 Å². The molecule has 0 bridgehead atoms. The van der Waals surface area contributed by atoms with E-state index in [1.807, 2.05) is 12.4 Å². The summed E-state index contributed by atoms with van der Waals surface area (Å²) in [5, 5.41) is 0. The normalized spacial score (nSPS) is 12.8. The van der Waals surface area contributed by atoms with Gasteiger partial charge in [-0.3, -0.25) is 4.98 Å². The molecule has 0 radical (unpaired) electrons. The number of hydrogen-bond donors (Lipinski definition) is 0. The number of hydrogen-bond acceptors (Lipinski definition) is 1. The van der Waals surface area contributed by atoms with E-state index < -0.39 is 0 Å². The summed E-state index contributed by atoms with van der Waals surface area (Å²) in [6.07, 6.45) is 7.62. The molecule has 1 nitrogen and oxygen atoms in total. The highest BCUT2D eigenvalue weighted by atomic mass is 14.6. The molecule has 1 heteroatoms. The van der Waals surface area contributed by atoms with E-state index in [1.54, 1.807) is 0 Å². The molecule has 1 rings (SSSR count). The summed E-state index contributed by atoms with van der Waals surface area (Å²) >= 11 is 0. The Hall–Kier alpha value is -0.850. The minimum Gasteiger partial charge on any atom is -0.264 e. The molecule has 1 atom stereocenters. The molecule has 1 aromatic rings. The van der Waals surface area contributed by atoms with Crippen molar-refractivity contribution in [3.63, 3.8) is 0 Å². The lowest BCUT2D eigenvalue weighted by Gasteiger charge is -2.07. The van der Waals surface area contributed by atoms with Crippen molar-refractivity contribution in [2.45, 2.75) is 40.0 Å². The van der Waals surface area contributed by atoms with E-state index in [1.165, 1.54) is 30.4 Å². The van der Waals surface area contributed by atoms with E-state index in [9.17, 15) is 0 Å². The topological polar surface area (TPSA) is 12.9 Å². The van der Waals surface area contributed by atoms with E-state index in [-0.39, 0.29) is 0 Å². The molecule has 13 heavy (non-hydrogen) atoms.